The number of anilines is 2. The zero-order chi connectivity index (χ0) is 19.7. The number of rotatable bonds is 2. The lowest BCUT2D eigenvalue weighted by atomic mass is 10.2. The summed E-state index contributed by atoms with van der Waals surface area (Å²) < 4.78 is 38.9. The van der Waals surface area contributed by atoms with Crippen molar-refractivity contribution in [2.45, 2.75) is 19.0 Å². The Kier molecular flexibility index (Phi) is 4.91. The van der Waals surface area contributed by atoms with Gasteiger partial charge >= 0.3 is 12.2 Å². The van der Waals surface area contributed by atoms with Crippen LogP contribution >= 0.6 is 0 Å². The maximum Gasteiger partial charge on any atom is 0.419 e. The molecule has 0 aliphatic carbocycles. The molecule has 0 bridgehead atoms. The molecular weight excluding hydrogens is 371 g/mol. The smallest absolute Gasteiger partial charge is 0.371 e. The van der Waals surface area contributed by atoms with Crippen LogP contribution in [0.5, 0.6) is 0 Å². The Morgan fingerprint density at radius 1 is 0.929 bits per heavy atom. The van der Waals surface area contributed by atoms with Crippen LogP contribution in [0.25, 0.3) is 0 Å². The molecule has 1 aromatic heterocycles. The molecule has 6 nitrogen and oxygen atoms in total. The average molecular weight is 393 g/mol. The van der Waals surface area contributed by atoms with E-state index >= 15 is 0 Å². The van der Waals surface area contributed by atoms with Crippen LogP contribution in [0.2, 0.25) is 0 Å². The zero-order valence-electron chi connectivity index (χ0n) is 15.4. The van der Waals surface area contributed by atoms with Crippen LogP contribution in [-0.4, -0.2) is 60.0 Å². The predicted octanol–water partition coefficient (Wildman–Crippen LogP) is 3.29. The van der Waals surface area contributed by atoms with E-state index in [0.29, 0.717) is 32.4 Å². The molecule has 9 heteroatoms. The van der Waals surface area contributed by atoms with Gasteiger partial charge in [0.1, 0.15) is 0 Å². The summed E-state index contributed by atoms with van der Waals surface area (Å²) in [5, 5.41) is 3.58. The maximum absolute atomic E-state index is 12.7. The number of aromatic nitrogens is 2. The first-order chi connectivity index (χ1) is 13.4. The molecule has 2 saturated heterocycles. The summed E-state index contributed by atoms with van der Waals surface area (Å²) in [6.07, 6.45) is -0.646. The van der Waals surface area contributed by atoms with Crippen LogP contribution in [0.15, 0.2) is 36.7 Å². The van der Waals surface area contributed by atoms with Gasteiger partial charge in [-0.1, -0.05) is 6.07 Å². The first-order valence-electron chi connectivity index (χ1n) is 9.43. The topological polar surface area (TPSA) is 44.6 Å². The van der Waals surface area contributed by atoms with Gasteiger partial charge in [0, 0.05) is 56.8 Å². The monoisotopic (exact) mass is 393 g/mol. The van der Waals surface area contributed by atoms with Crippen molar-refractivity contribution < 1.29 is 18.0 Å². The van der Waals surface area contributed by atoms with Gasteiger partial charge in [-0.3, -0.25) is 0 Å². The Balaban J connectivity index is 1.39. The lowest BCUT2D eigenvalue weighted by Crippen LogP contribution is -2.50. The highest BCUT2D eigenvalue weighted by Crippen LogP contribution is 2.29. The van der Waals surface area contributed by atoms with Crippen LogP contribution in [0.3, 0.4) is 0 Å². The normalized spacial score (nSPS) is 18.0. The van der Waals surface area contributed by atoms with Crippen molar-refractivity contribution >= 4 is 17.4 Å². The van der Waals surface area contributed by atoms with E-state index in [1.807, 2.05) is 6.07 Å². The summed E-state index contributed by atoms with van der Waals surface area (Å²) in [6, 6.07) is 7.86. The molecule has 2 aromatic rings. The Bertz CT molecular complexity index is 836. The van der Waals surface area contributed by atoms with Gasteiger partial charge in [-0.2, -0.15) is 23.0 Å². The molecule has 0 N–H and O–H groups in total. The first kappa shape index (κ1) is 18.6. The number of carbonyl (C=O) groups excluding carboxylic acids is 1. The van der Waals surface area contributed by atoms with Crippen LogP contribution in [0.1, 0.15) is 18.4 Å². The minimum absolute atomic E-state index is 0.438. The van der Waals surface area contributed by atoms with Crippen molar-refractivity contribution in [2.24, 2.45) is 0 Å². The summed E-state index contributed by atoms with van der Waals surface area (Å²) in [6.45, 7) is 4.29. The number of hydrogen-bond donors (Lipinski definition) is 0. The summed E-state index contributed by atoms with van der Waals surface area (Å²) >= 11 is 0. The van der Waals surface area contributed by atoms with E-state index in [1.165, 1.54) is 23.4 Å². The van der Waals surface area contributed by atoms with E-state index in [9.17, 15) is 18.0 Å². The Labute approximate surface area is 161 Å². The van der Waals surface area contributed by atoms with Gasteiger partial charge in [0.2, 0.25) is 0 Å². The van der Waals surface area contributed by atoms with E-state index in [-0.39, 0.29) is 0 Å². The summed E-state index contributed by atoms with van der Waals surface area (Å²) in [5.41, 5.74) is 1.40. The molecule has 1 amide bonds. The van der Waals surface area contributed by atoms with Gasteiger partial charge in [-0.15, -0.1) is 0 Å². The van der Waals surface area contributed by atoms with E-state index < -0.39 is 17.8 Å². The predicted molar refractivity (Wildman–Crippen MR) is 99.7 cm³/mol. The fourth-order valence-corrected chi connectivity index (χ4v) is 3.74. The molecule has 0 atom stereocenters. The van der Waals surface area contributed by atoms with E-state index in [2.05, 4.69) is 33.1 Å². The molecule has 0 radical (unpaired) electrons. The second-order valence-corrected chi connectivity index (χ2v) is 7.14. The number of amides is 1. The number of alkyl halides is 3. The highest BCUT2D eigenvalue weighted by atomic mass is 19.4. The van der Waals surface area contributed by atoms with Gasteiger partial charge in [-0.25, -0.2) is 4.79 Å². The van der Waals surface area contributed by atoms with Crippen molar-refractivity contribution in [3.8, 4) is 0 Å². The SMILES string of the molecule is O=C(N1CCN(c2cccc(N3CCCC3)c2)CC1)n1cc(C(F)(F)F)cn1. The van der Waals surface area contributed by atoms with Gasteiger partial charge in [0.05, 0.1) is 11.8 Å². The first-order valence-corrected chi connectivity index (χ1v) is 9.43. The number of piperazine rings is 1. The van der Waals surface area contributed by atoms with Crippen LogP contribution < -0.4 is 9.80 Å². The van der Waals surface area contributed by atoms with E-state index in [4.69, 9.17) is 0 Å². The minimum atomic E-state index is -4.50. The Morgan fingerprint density at radius 3 is 2.11 bits per heavy atom. The molecule has 0 saturated carbocycles. The highest BCUT2D eigenvalue weighted by Gasteiger charge is 2.33. The van der Waals surface area contributed by atoms with Crippen LogP contribution in [0, 0.1) is 0 Å². The van der Waals surface area contributed by atoms with E-state index in [1.54, 1.807) is 0 Å². The third-order valence-corrected chi connectivity index (χ3v) is 5.32. The maximum atomic E-state index is 12.7. The summed E-state index contributed by atoms with van der Waals surface area (Å²) in [7, 11) is 0. The third-order valence-electron chi connectivity index (χ3n) is 5.32. The second-order valence-electron chi connectivity index (χ2n) is 7.14. The molecule has 0 spiro atoms. The van der Waals surface area contributed by atoms with E-state index in [0.717, 1.165) is 29.7 Å². The lowest BCUT2D eigenvalue weighted by Gasteiger charge is -2.36. The number of hydrogen-bond acceptors (Lipinski definition) is 4. The molecule has 4 rings (SSSR count). The average Bonchev–Trinajstić information content (AvgIpc) is 3.39. The molecule has 150 valence electrons. The Morgan fingerprint density at radius 2 is 1.54 bits per heavy atom. The Hall–Kier alpha value is -2.71. The molecular formula is C19H22F3N5O. The zero-order valence-corrected chi connectivity index (χ0v) is 15.4. The van der Waals surface area contributed by atoms with Crippen LogP contribution in [-0.2, 0) is 6.18 Å². The van der Waals surface area contributed by atoms with Gasteiger partial charge in [0.25, 0.3) is 0 Å². The molecule has 28 heavy (non-hydrogen) atoms. The number of benzene rings is 1. The standard InChI is InChI=1S/C19H22F3N5O/c20-19(21,22)15-13-23-27(14-15)18(28)26-10-8-25(9-11-26)17-5-3-4-16(12-17)24-6-1-2-7-24/h3-5,12-14H,1-2,6-11H2. The molecule has 1 aromatic carbocycles. The van der Waals surface area contributed by atoms with Crippen molar-refractivity contribution in [3.05, 3.63) is 42.2 Å². The lowest BCUT2D eigenvalue weighted by molar-refractivity contribution is -0.137. The fraction of sp³-hybridized carbons (Fsp3) is 0.474. The molecule has 3 heterocycles. The molecule has 2 aliphatic rings. The van der Waals surface area contributed by atoms with Crippen molar-refractivity contribution in [1.29, 1.82) is 0 Å². The summed E-state index contributed by atoms with van der Waals surface area (Å²) in [5.74, 6) is 0. The number of carbonyl (C=O) groups is 1. The highest BCUT2D eigenvalue weighted by molar-refractivity contribution is 5.76. The largest absolute Gasteiger partial charge is 0.419 e. The van der Waals surface area contributed by atoms with Crippen molar-refractivity contribution in [2.75, 3.05) is 49.1 Å². The van der Waals surface area contributed by atoms with Crippen LogP contribution in [0.4, 0.5) is 29.3 Å². The fourth-order valence-electron chi connectivity index (χ4n) is 3.74. The molecule has 2 aliphatic heterocycles. The van der Waals surface area contributed by atoms with Crippen molar-refractivity contribution in [1.82, 2.24) is 14.7 Å². The third kappa shape index (κ3) is 3.79. The van der Waals surface area contributed by atoms with Gasteiger partial charge in [0.15, 0.2) is 0 Å². The molecule has 0 unspecified atom stereocenters. The number of halogens is 3. The minimum Gasteiger partial charge on any atom is -0.371 e. The quantitative estimate of drug-likeness (QED) is 0.786. The van der Waals surface area contributed by atoms with Gasteiger partial charge < -0.3 is 14.7 Å². The summed E-state index contributed by atoms with van der Waals surface area (Å²) in [4.78, 5) is 18.6. The molecule has 2 fully saturated rings. The van der Waals surface area contributed by atoms with Crippen molar-refractivity contribution in [3.63, 3.8) is 0 Å². The van der Waals surface area contributed by atoms with Gasteiger partial charge in [-0.05, 0) is 31.0 Å². The number of nitrogens with zero attached hydrogens (tertiary/aromatic N) is 5. The second kappa shape index (κ2) is 7.37.